The Labute approximate surface area is 239 Å². The summed E-state index contributed by atoms with van der Waals surface area (Å²) in [7, 11) is 0. The predicted octanol–water partition coefficient (Wildman–Crippen LogP) is 7.21. The molecule has 0 bridgehead atoms. The topological polar surface area (TPSA) is 75.6 Å². The SMILES string of the molecule is CC1=CC(C(CC(C)C)C(=O)NC2CC(COc3ccccc3)=CC=C2CC2C=CC=CC2C(=O)O)CC(C)=C1. The number of allylic oxidation sites excluding steroid dienone is 9. The molecule has 0 aliphatic heterocycles. The fourth-order valence-corrected chi connectivity index (χ4v) is 6.13. The number of carboxylic acid groups (broad SMARTS) is 1. The molecule has 1 amide bonds. The molecule has 2 N–H and O–H groups in total. The zero-order valence-electron chi connectivity index (χ0n) is 24.2. The summed E-state index contributed by atoms with van der Waals surface area (Å²) >= 11 is 0. The van der Waals surface area contributed by atoms with E-state index in [0.29, 0.717) is 25.4 Å². The van der Waals surface area contributed by atoms with E-state index in [4.69, 9.17) is 4.74 Å². The molecule has 0 radical (unpaired) electrons. The third-order valence-electron chi connectivity index (χ3n) is 8.02. The molecule has 40 heavy (non-hydrogen) atoms. The lowest BCUT2D eigenvalue weighted by Gasteiger charge is -2.33. The fourth-order valence-electron chi connectivity index (χ4n) is 6.13. The minimum Gasteiger partial charge on any atom is -0.489 e. The molecule has 1 aromatic rings. The summed E-state index contributed by atoms with van der Waals surface area (Å²) < 4.78 is 6.03. The number of hydrogen-bond donors (Lipinski definition) is 2. The highest BCUT2D eigenvalue weighted by atomic mass is 16.5. The number of nitrogens with one attached hydrogen (secondary N) is 1. The lowest BCUT2D eigenvalue weighted by Crippen LogP contribution is -2.44. The van der Waals surface area contributed by atoms with Gasteiger partial charge in [0.25, 0.3) is 0 Å². The van der Waals surface area contributed by atoms with Crippen molar-refractivity contribution in [3.63, 3.8) is 0 Å². The maximum atomic E-state index is 14.0. The highest BCUT2D eigenvalue weighted by Gasteiger charge is 2.34. The molecule has 5 unspecified atom stereocenters. The molecule has 5 nitrogen and oxygen atoms in total. The van der Waals surface area contributed by atoms with E-state index in [2.05, 4.69) is 57.3 Å². The first-order valence-electron chi connectivity index (χ1n) is 14.5. The smallest absolute Gasteiger partial charge is 0.310 e. The van der Waals surface area contributed by atoms with Gasteiger partial charge in [0.15, 0.2) is 0 Å². The third kappa shape index (κ3) is 7.97. The minimum absolute atomic E-state index is 0.0763. The Hall–Kier alpha value is -3.60. The van der Waals surface area contributed by atoms with Crippen LogP contribution in [0.1, 0.15) is 53.4 Å². The Balaban J connectivity index is 1.55. The minimum atomic E-state index is -0.824. The van der Waals surface area contributed by atoms with Gasteiger partial charge in [-0.15, -0.1) is 0 Å². The summed E-state index contributed by atoms with van der Waals surface area (Å²) in [5, 5.41) is 13.2. The van der Waals surface area contributed by atoms with Crippen molar-refractivity contribution in [2.24, 2.45) is 29.6 Å². The predicted molar refractivity (Wildman–Crippen MR) is 161 cm³/mol. The molecule has 0 saturated heterocycles. The first-order chi connectivity index (χ1) is 19.2. The van der Waals surface area contributed by atoms with Crippen LogP contribution in [0.25, 0.3) is 0 Å². The number of para-hydroxylation sites is 1. The third-order valence-corrected chi connectivity index (χ3v) is 8.02. The van der Waals surface area contributed by atoms with Crippen molar-refractivity contribution in [3.05, 3.63) is 101 Å². The molecule has 212 valence electrons. The van der Waals surface area contributed by atoms with Gasteiger partial charge in [-0.1, -0.05) is 91.8 Å². The largest absolute Gasteiger partial charge is 0.489 e. The number of hydrogen-bond acceptors (Lipinski definition) is 3. The molecule has 0 fully saturated rings. The number of aliphatic carboxylic acids is 1. The van der Waals surface area contributed by atoms with E-state index >= 15 is 0 Å². The van der Waals surface area contributed by atoms with E-state index in [0.717, 1.165) is 29.7 Å². The van der Waals surface area contributed by atoms with Crippen molar-refractivity contribution in [3.8, 4) is 5.75 Å². The van der Waals surface area contributed by atoms with E-state index in [9.17, 15) is 14.7 Å². The lowest BCUT2D eigenvalue weighted by molar-refractivity contribution is -0.141. The van der Waals surface area contributed by atoms with Crippen molar-refractivity contribution < 1.29 is 19.4 Å². The number of amides is 1. The number of rotatable bonds is 11. The normalized spacial score (nSPS) is 24.9. The zero-order chi connectivity index (χ0) is 28.6. The second kappa shape index (κ2) is 13.6. The molecule has 0 heterocycles. The van der Waals surface area contributed by atoms with Gasteiger partial charge in [0.1, 0.15) is 12.4 Å². The summed E-state index contributed by atoms with van der Waals surface area (Å²) in [5.74, 6) is -0.242. The van der Waals surface area contributed by atoms with E-state index in [-0.39, 0.29) is 29.7 Å². The Kier molecular flexibility index (Phi) is 10.0. The van der Waals surface area contributed by atoms with Crippen molar-refractivity contribution in [2.75, 3.05) is 6.61 Å². The first kappa shape index (κ1) is 29.4. The highest BCUT2D eigenvalue weighted by molar-refractivity contribution is 5.80. The standard InChI is InChI=1S/C35H43NO4/c1-23(2)16-32(29-18-24(3)17-25(4)19-29)34(37)36-33-20-26(22-40-30-11-6-5-7-12-30)14-15-28(33)21-27-10-8-9-13-31(27)35(38)39/h5-15,17-18,23,27,29,31-33H,16,19-22H2,1-4H3,(H,36,37)(H,38,39). The lowest BCUT2D eigenvalue weighted by atomic mass is 9.77. The van der Waals surface area contributed by atoms with Gasteiger partial charge in [-0.05, 0) is 80.6 Å². The summed E-state index contributed by atoms with van der Waals surface area (Å²) in [5.41, 5.74) is 4.68. The molecule has 1 aromatic carbocycles. The van der Waals surface area contributed by atoms with Gasteiger partial charge in [-0.2, -0.15) is 0 Å². The molecule has 0 spiro atoms. The number of carboxylic acids is 1. The summed E-state index contributed by atoms with van der Waals surface area (Å²) in [6.07, 6.45) is 19.0. The molecule has 3 aliphatic rings. The molecular formula is C35H43NO4. The van der Waals surface area contributed by atoms with Gasteiger partial charge in [0, 0.05) is 5.92 Å². The summed E-state index contributed by atoms with van der Waals surface area (Å²) in [4.78, 5) is 25.9. The van der Waals surface area contributed by atoms with Crippen LogP contribution in [-0.4, -0.2) is 29.6 Å². The van der Waals surface area contributed by atoms with E-state index in [1.165, 1.54) is 11.1 Å². The Morgan fingerprint density at radius 1 is 1.05 bits per heavy atom. The van der Waals surface area contributed by atoms with Crippen LogP contribution in [0.2, 0.25) is 0 Å². The van der Waals surface area contributed by atoms with Gasteiger partial charge < -0.3 is 15.2 Å². The van der Waals surface area contributed by atoms with Crippen molar-refractivity contribution in [2.45, 2.75) is 59.4 Å². The molecule has 5 heteroatoms. The Morgan fingerprint density at radius 2 is 1.80 bits per heavy atom. The highest BCUT2D eigenvalue weighted by Crippen LogP contribution is 2.35. The van der Waals surface area contributed by atoms with Crippen LogP contribution >= 0.6 is 0 Å². The summed E-state index contributed by atoms with van der Waals surface area (Å²) in [6.45, 7) is 9.03. The van der Waals surface area contributed by atoms with Gasteiger partial charge in [0.2, 0.25) is 5.91 Å². The van der Waals surface area contributed by atoms with Crippen LogP contribution < -0.4 is 10.1 Å². The van der Waals surface area contributed by atoms with Crippen molar-refractivity contribution in [1.82, 2.24) is 5.32 Å². The molecular weight excluding hydrogens is 498 g/mol. The fraction of sp³-hybridized carbons (Fsp3) is 0.429. The van der Waals surface area contributed by atoms with Crippen LogP contribution in [0.4, 0.5) is 0 Å². The molecule has 4 rings (SSSR count). The monoisotopic (exact) mass is 541 g/mol. The quantitative estimate of drug-likeness (QED) is 0.310. The van der Waals surface area contributed by atoms with Gasteiger partial charge in [0.05, 0.1) is 12.0 Å². The van der Waals surface area contributed by atoms with E-state index in [1.54, 1.807) is 12.2 Å². The van der Waals surface area contributed by atoms with Gasteiger partial charge in [-0.25, -0.2) is 0 Å². The van der Waals surface area contributed by atoms with Crippen LogP contribution in [0, 0.1) is 29.6 Å². The second-order valence-corrected chi connectivity index (χ2v) is 11.9. The van der Waals surface area contributed by atoms with Crippen molar-refractivity contribution >= 4 is 11.9 Å². The van der Waals surface area contributed by atoms with Crippen LogP contribution in [0.15, 0.2) is 101 Å². The average Bonchev–Trinajstić information content (AvgIpc) is 2.92. The molecule has 3 aliphatic carbocycles. The second-order valence-electron chi connectivity index (χ2n) is 11.9. The first-order valence-corrected chi connectivity index (χ1v) is 14.5. The Morgan fingerprint density at radius 3 is 2.50 bits per heavy atom. The van der Waals surface area contributed by atoms with Crippen LogP contribution in [0.3, 0.4) is 0 Å². The average molecular weight is 542 g/mol. The van der Waals surface area contributed by atoms with Crippen LogP contribution in [-0.2, 0) is 9.59 Å². The van der Waals surface area contributed by atoms with E-state index in [1.807, 2.05) is 42.5 Å². The number of carbonyl (C=O) groups excluding carboxylic acids is 1. The number of benzene rings is 1. The zero-order valence-corrected chi connectivity index (χ0v) is 24.2. The van der Waals surface area contributed by atoms with E-state index < -0.39 is 11.9 Å². The summed E-state index contributed by atoms with van der Waals surface area (Å²) in [6, 6.07) is 9.52. The molecule has 0 aromatic heterocycles. The molecule has 5 atom stereocenters. The maximum absolute atomic E-state index is 14.0. The number of ether oxygens (including phenoxy) is 1. The van der Waals surface area contributed by atoms with Crippen molar-refractivity contribution in [1.29, 1.82) is 0 Å². The number of carbonyl (C=O) groups is 2. The van der Waals surface area contributed by atoms with Crippen LogP contribution in [0.5, 0.6) is 5.75 Å². The molecule has 0 saturated carbocycles. The Bertz CT molecular complexity index is 1250. The van der Waals surface area contributed by atoms with Gasteiger partial charge >= 0.3 is 5.97 Å². The van der Waals surface area contributed by atoms with Gasteiger partial charge in [-0.3, -0.25) is 9.59 Å². The maximum Gasteiger partial charge on any atom is 0.310 e.